The number of nitrogens with zero attached hydrogens (tertiary/aromatic N) is 1. The first-order valence-electron chi connectivity index (χ1n) is 5.95. The van der Waals surface area contributed by atoms with Crippen LogP contribution in [0.2, 0.25) is 0 Å². The zero-order chi connectivity index (χ0) is 13.2. The van der Waals surface area contributed by atoms with E-state index in [4.69, 9.17) is 4.74 Å². The molecule has 1 aromatic carbocycles. The number of hydrogen-bond donors (Lipinski definition) is 2. The third-order valence-electron chi connectivity index (χ3n) is 3.06. The average Bonchev–Trinajstić information content (AvgIpc) is 2.47. The van der Waals surface area contributed by atoms with E-state index in [1.807, 2.05) is 24.3 Å². The fraction of sp³-hybridized carbons (Fsp3) is 0.143. The smallest absolute Gasteiger partial charge is 0.256 e. The van der Waals surface area contributed by atoms with E-state index in [1.54, 1.807) is 25.4 Å². The zero-order valence-corrected chi connectivity index (χ0v) is 10.4. The molecule has 1 aromatic heterocycles. The first-order valence-corrected chi connectivity index (χ1v) is 5.95. The van der Waals surface area contributed by atoms with Gasteiger partial charge in [0.2, 0.25) is 0 Å². The summed E-state index contributed by atoms with van der Waals surface area (Å²) in [6.45, 7) is 0. The molecule has 1 unspecified atom stereocenters. The van der Waals surface area contributed by atoms with Crippen LogP contribution in [0.15, 0.2) is 42.6 Å². The summed E-state index contributed by atoms with van der Waals surface area (Å²) < 4.78 is 5.31. The van der Waals surface area contributed by atoms with E-state index < -0.39 is 0 Å². The number of ether oxygens (including phenoxy) is 1. The summed E-state index contributed by atoms with van der Waals surface area (Å²) in [5, 5.41) is 6.09. The first kappa shape index (κ1) is 11.5. The molecule has 1 atom stereocenters. The van der Waals surface area contributed by atoms with Crippen molar-refractivity contribution < 1.29 is 9.53 Å². The number of anilines is 1. The summed E-state index contributed by atoms with van der Waals surface area (Å²) >= 11 is 0. The lowest BCUT2D eigenvalue weighted by Crippen LogP contribution is -2.39. The van der Waals surface area contributed by atoms with Crippen molar-refractivity contribution >= 4 is 11.7 Å². The molecule has 5 heteroatoms. The van der Waals surface area contributed by atoms with Gasteiger partial charge in [-0.15, -0.1) is 0 Å². The topological polar surface area (TPSA) is 63.2 Å². The molecule has 1 aliphatic heterocycles. The van der Waals surface area contributed by atoms with Gasteiger partial charge in [-0.3, -0.25) is 4.79 Å². The van der Waals surface area contributed by atoms with Crippen molar-refractivity contribution in [1.29, 1.82) is 0 Å². The molecular weight excluding hydrogens is 242 g/mol. The van der Waals surface area contributed by atoms with E-state index in [0.29, 0.717) is 11.4 Å². The van der Waals surface area contributed by atoms with Gasteiger partial charge in [0.1, 0.15) is 17.7 Å². The van der Waals surface area contributed by atoms with Crippen LogP contribution in [-0.2, 0) is 0 Å². The Bertz CT molecular complexity index is 628. The number of hydrogen-bond acceptors (Lipinski definition) is 4. The molecule has 0 bridgehead atoms. The SMILES string of the molecule is COc1ccccc1C1NC(=O)c2cccnc2N1. The van der Waals surface area contributed by atoms with Gasteiger partial charge in [-0.25, -0.2) is 4.98 Å². The standard InChI is InChI=1S/C14H13N3O2/c1-19-11-7-3-2-5-9(11)13-16-12-10(14(18)17-13)6-4-8-15-12/h2-8,13H,1H3,(H,15,16)(H,17,18). The maximum atomic E-state index is 12.0. The van der Waals surface area contributed by atoms with Crippen molar-refractivity contribution in [2.45, 2.75) is 6.17 Å². The van der Waals surface area contributed by atoms with Gasteiger partial charge in [0, 0.05) is 11.8 Å². The number of carbonyl (C=O) groups is 1. The van der Waals surface area contributed by atoms with Crippen molar-refractivity contribution in [3.05, 3.63) is 53.7 Å². The number of fused-ring (bicyclic) bond motifs is 1. The lowest BCUT2D eigenvalue weighted by atomic mass is 10.1. The Morgan fingerprint density at radius 1 is 1.16 bits per heavy atom. The van der Waals surface area contributed by atoms with Gasteiger partial charge in [0.25, 0.3) is 5.91 Å². The fourth-order valence-corrected chi connectivity index (χ4v) is 2.15. The molecule has 3 rings (SSSR count). The second-order valence-corrected chi connectivity index (χ2v) is 4.19. The van der Waals surface area contributed by atoms with Crippen molar-refractivity contribution in [1.82, 2.24) is 10.3 Å². The summed E-state index contributed by atoms with van der Waals surface area (Å²) in [7, 11) is 1.61. The Balaban J connectivity index is 1.99. The van der Waals surface area contributed by atoms with Gasteiger partial charge in [-0.05, 0) is 18.2 Å². The van der Waals surface area contributed by atoms with E-state index in [0.717, 1.165) is 11.3 Å². The Morgan fingerprint density at radius 3 is 2.84 bits per heavy atom. The molecule has 1 aliphatic rings. The first-order chi connectivity index (χ1) is 9.29. The number of methoxy groups -OCH3 is 1. The van der Waals surface area contributed by atoms with Gasteiger partial charge >= 0.3 is 0 Å². The second-order valence-electron chi connectivity index (χ2n) is 4.19. The van der Waals surface area contributed by atoms with Crippen LogP contribution in [0.4, 0.5) is 5.82 Å². The number of nitrogens with one attached hydrogen (secondary N) is 2. The number of carbonyl (C=O) groups excluding carboxylic acids is 1. The molecule has 0 spiro atoms. The minimum atomic E-state index is -0.342. The molecule has 2 N–H and O–H groups in total. The molecular formula is C14H13N3O2. The van der Waals surface area contributed by atoms with Crippen LogP contribution >= 0.6 is 0 Å². The van der Waals surface area contributed by atoms with Crippen molar-refractivity contribution in [3.63, 3.8) is 0 Å². The summed E-state index contributed by atoms with van der Waals surface area (Å²) in [5.74, 6) is 1.17. The molecule has 0 aliphatic carbocycles. The minimum Gasteiger partial charge on any atom is -0.496 e. The monoisotopic (exact) mass is 255 g/mol. The molecule has 0 saturated carbocycles. The minimum absolute atomic E-state index is 0.141. The number of aromatic nitrogens is 1. The molecule has 19 heavy (non-hydrogen) atoms. The van der Waals surface area contributed by atoms with Crippen LogP contribution in [0.3, 0.4) is 0 Å². The number of para-hydroxylation sites is 1. The number of rotatable bonds is 2. The lowest BCUT2D eigenvalue weighted by molar-refractivity contribution is 0.0934. The van der Waals surface area contributed by atoms with Gasteiger partial charge in [0.15, 0.2) is 0 Å². The molecule has 2 heterocycles. The predicted octanol–water partition coefficient (Wildman–Crippen LogP) is 1.94. The summed E-state index contributed by atoms with van der Waals surface area (Å²) in [5.41, 5.74) is 1.42. The van der Waals surface area contributed by atoms with Gasteiger partial charge in [-0.1, -0.05) is 18.2 Å². The maximum Gasteiger partial charge on any atom is 0.256 e. The highest BCUT2D eigenvalue weighted by atomic mass is 16.5. The number of benzene rings is 1. The highest BCUT2D eigenvalue weighted by molar-refractivity contribution is 6.00. The summed E-state index contributed by atoms with van der Waals surface area (Å²) in [6, 6.07) is 11.0. The van der Waals surface area contributed by atoms with Gasteiger partial charge < -0.3 is 15.4 Å². The van der Waals surface area contributed by atoms with E-state index in [9.17, 15) is 4.79 Å². The number of pyridine rings is 1. The number of amides is 1. The molecule has 2 aromatic rings. The van der Waals surface area contributed by atoms with E-state index in [-0.39, 0.29) is 12.1 Å². The Labute approximate surface area is 110 Å². The average molecular weight is 255 g/mol. The van der Waals surface area contributed by atoms with Crippen LogP contribution in [0.5, 0.6) is 5.75 Å². The fourth-order valence-electron chi connectivity index (χ4n) is 2.15. The van der Waals surface area contributed by atoms with Crippen LogP contribution in [0, 0.1) is 0 Å². The Morgan fingerprint density at radius 2 is 2.00 bits per heavy atom. The molecule has 0 fully saturated rings. The van der Waals surface area contributed by atoms with Crippen molar-refractivity contribution in [2.24, 2.45) is 0 Å². The quantitative estimate of drug-likeness (QED) is 0.861. The Hall–Kier alpha value is -2.56. The van der Waals surface area contributed by atoms with Gasteiger partial charge in [0.05, 0.1) is 12.7 Å². The van der Waals surface area contributed by atoms with Crippen LogP contribution < -0.4 is 15.4 Å². The van der Waals surface area contributed by atoms with Crippen LogP contribution in [0.25, 0.3) is 0 Å². The highest BCUT2D eigenvalue weighted by Crippen LogP contribution is 2.29. The van der Waals surface area contributed by atoms with Crippen LogP contribution in [0.1, 0.15) is 22.1 Å². The second kappa shape index (κ2) is 4.61. The van der Waals surface area contributed by atoms with Gasteiger partial charge in [-0.2, -0.15) is 0 Å². The largest absolute Gasteiger partial charge is 0.496 e. The summed E-state index contributed by atoms with van der Waals surface area (Å²) in [6.07, 6.45) is 1.31. The molecule has 96 valence electrons. The predicted molar refractivity (Wildman–Crippen MR) is 71.1 cm³/mol. The Kier molecular flexibility index (Phi) is 2.79. The van der Waals surface area contributed by atoms with E-state index >= 15 is 0 Å². The third-order valence-corrected chi connectivity index (χ3v) is 3.06. The molecule has 0 radical (unpaired) electrons. The van der Waals surface area contributed by atoms with Crippen molar-refractivity contribution in [3.8, 4) is 5.75 Å². The van der Waals surface area contributed by atoms with Crippen molar-refractivity contribution in [2.75, 3.05) is 12.4 Å². The van der Waals surface area contributed by atoms with E-state index in [2.05, 4.69) is 15.6 Å². The highest BCUT2D eigenvalue weighted by Gasteiger charge is 2.26. The lowest BCUT2D eigenvalue weighted by Gasteiger charge is -2.28. The molecule has 5 nitrogen and oxygen atoms in total. The normalized spacial score (nSPS) is 17.1. The maximum absolute atomic E-state index is 12.0. The summed E-state index contributed by atoms with van der Waals surface area (Å²) in [4.78, 5) is 16.2. The van der Waals surface area contributed by atoms with E-state index in [1.165, 1.54) is 0 Å². The zero-order valence-electron chi connectivity index (χ0n) is 10.4. The molecule has 0 saturated heterocycles. The third kappa shape index (κ3) is 1.99. The molecule has 1 amide bonds. The van der Waals surface area contributed by atoms with Crippen LogP contribution in [-0.4, -0.2) is 18.0 Å².